The minimum atomic E-state index is -4.28. The van der Waals surface area contributed by atoms with E-state index in [0.29, 0.717) is 0 Å². The van der Waals surface area contributed by atoms with E-state index in [9.17, 15) is 18.0 Å². The second-order valence-corrected chi connectivity index (χ2v) is 4.98. The van der Waals surface area contributed by atoms with Crippen LogP contribution in [-0.2, 0) is 8.85 Å². The molecule has 0 saturated heterocycles. The second-order valence-electron chi connectivity index (χ2n) is 2.24. The summed E-state index contributed by atoms with van der Waals surface area (Å²) in [5.74, 6) is 0. The van der Waals surface area contributed by atoms with Gasteiger partial charge in [-0.2, -0.15) is 13.2 Å². The summed E-state index contributed by atoms with van der Waals surface area (Å²) in [4.78, 5) is 9.19. The van der Waals surface area contributed by atoms with Crippen LogP contribution in [-0.4, -0.2) is 34.0 Å². The van der Waals surface area contributed by atoms with Crippen LogP contribution in [0.15, 0.2) is 0 Å². The first-order valence-electron chi connectivity index (χ1n) is 3.22. The number of rotatable bonds is 4. The molecule has 0 aromatic rings. The van der Waals surface area contributed by atoms with Gasteiger partial charge in [-0.1, -0.05) is 0 Å². The van der Waals surface area contributed by atoms with E-state index in [1.54, 1.807) is 0 Å². The van der Waals surface area contributed by atoms with Crippen molar-refractivity contribution in [3.8, 4) is 0 Å². The summed E-state index contributed by atoms with van der Waals surface area (Å²) in [6, 6.07) is -0.497. The molecule has 3 nitrogen and oxygen atoms in total. The van der Waals surface area contributed by atoms with Crippen molar-refractivity contribution in [2.45, 2.75) is 18.6 Å². The van der Waals surface area contributed by atoms with Crippen molar-refractivity contribution in [2.24, 2.45) is 0 Å². The maximum absolute atomic E-state index is 11.7. The molecule has 1 N–H and O–H groups in total. The summed E-state index contributed by atoms with van der Waals surface area (Å²) >= 11 is 0. The van der Waals surface area contributed by atoms with Gasteiger partial charge in [-0.3, -0.25) is 0 Å². The third-order valence-electron chi connectivity index (χ3n) is 1.36. The SMILES string of the molecule is CO[Si](O)(CCC(F)(F)F)OC. The first-order valence-corrected chi connectivity index (χ1v) is 5.19. The van der Waals surface area contributed by atoms with E-state index in [1.165, 1.54) is 0 Å². The van der Waals surface area contributed by atoms with Crippen molar-refractivity contribution in [3.05, 3.63) is 0 Å². The molecule has 0 aliphatic carbocycles. The maximum Gasteiger partial charge on any atom is 0.498 e. The average Bonchev–Trinajstić information content (AvgIpc) is 1.99. The van der Waals surface area contributed by atoms with E-state index in [0.717, 1.165) is 14.2 Å². The fraction of sp³-hybridized carbons (Fsp3) is 1.00. The quantitative estimate of drug-likeness (QED) is 0.698. The zero-order chi connectivity index (χ0) is 9.83. The van der Waals surface area contributed by atoms with Gasteiger partial charge in [0.25, 0.3) is 0 Å². The molecule has 0 atom stereocenters. The summed E-state index contributed by atoms with van der Waals surface area (Å²) in [7, 11) is -1.27. The first kappa shape index (κ1) is 11.9. The van der Waals surface area contributed by atoms with E-state index < -0.39 is 27.4 Å². The van der Waals surface area contributed by atoms with Gasteiger partial charge in [0.05, 0.1) is 0 Å². The molecule has 0 aromatic carbocycles. The van der Waals surface area contributed by atoms with Crippen LogP contribution in [0.25, 0.3) is 0 Å². The minimum absolute atomic E-state index is 0.497. The predicted molar refractivity (Wildman–Crippen MR) is 37.5 cm³/mol. The van der Waals surface area contributed by atoms with Crippen molar-refractivity contribution in [1.82, 2.24) is 0 Å². The highest BCUT2D eigenvalue weighted by Crippen LogP contribution is 2.25. The van der Waals surface area contributed by atoms with Crippen molar-refractivity contribution in [2.75, 3.05) is 14.2 Å². The van der Waals surface area contributed by atoms with Gasteiger partial charge in [-0.25, -0.2) is 0 Å². The summed E-state index contributed by atoms with van der Waals surface area (Å²) in [6.07, 6.45) is -5.37. The Morgan fingerprint density at radius 1 is 1.25 bits per heavy atom. The number of alkyl halides is 3. The molecular weight excluding hydrogens is 193 g/mol. The topological polar surface area (TPSA) is 38.7 Å². The lowest BCUT2D eigenvalue weighted by Gasteiger charge is -2.19. The molecule has 0 heterocycles. The number of hydrogen-bond acceptors (Lipinski definition) is 3. The van der Waals surface area contributed by atoms with Gasteiger partial charge in [0, 0.05) is 26.7 Å². The standard InChI is InChI=1S/C5H11F3O3Si/c1-10-12(9,11-2)4-3-5(6,7)8/h9H,3-4H2,1-2H3. The zero-order valence-electron chi connectivity index (χ0n) is 6.81. The van der Waals surface area contributed by atoms with Gasteiger partial charge < -0.3 is 13.6 Å². The molecule has 0 bridgehead atoms. The van der Waals surface area contributed by atoms with Crippen LogP contribution < -0.4 is 0 Å². The van der Waals surface area contributed by atoms with Crippen LogP contribution in [0, 0.1) is 0 Å². The van der Waals surface area contributed by atoms with E-state index in [1.807, 2.05) is 0 Å². The van der Waals surface area contributed by atoms with Gasteiger partial charge in [0.1, 0.15) is 0 Å². The largest absolute Gasteiger partial charge is 0.498 e. The molecule has 0 fully saturated rings. The predicted octanol–water partition coefficient (Wildman–Crippen LogP) is 1.16. The molecule has 0 radical (unpaired) electrons. The molecule has 0 spiro atoms. The number of halogens is 3. The van der Waals surface area contributed by atoms with Crippen LogP contribution in [0.2, 0.25) is 6.04 Å². The molecule has 74 valence electrons. The van der Waals surface area contributed by atoms with Crippen molar-refractivity contribution in [1.29, 1.82) is 0 Å². The van der Waals surface area contributed by atoms with E-state index in [2.05, 4.69) is 8.85 Å². The maximum atomic E-state index is 11.7. The normalized spacial score (nSPS) is 13.5. The molecule has 0 rings (SSSR count). The van der Waals surface area contributed by atoms with Crippen molar-refractivity contribution in [3.63, 3.8) is 0 Å². The van der Waals surface area contributed by atoms with E-state index in [4.69, 9.17) is 0 Å². The molecule has 0 saturated carbocycles. The van der Waals surface area contributed by atoms with Crippen LogP contribution in [0.4, 0.5) is 13.2 Å². The highest BCUT2D eigenvalue weighted by Gasteiger charge is 2.39. The van der Waals surface area contributed by atoms with Gasteiger partial charge in [-0.15, -0.1) is 0 Å². The van der Waals surface area contributed by atoms with E-state index >= 15 is 0 Å². The first-order chi connectivity index (χ1) is 5.33. The molecule has 12 heavy (non-hydrogen) atoms. The van der Waals surface area contributed by atoms with Crippen LogP contribution >= 0.6 is 0 Å². The fourth-order valence-electron chi connectivity index (χ4n) is 0.587. The summed E-state index contributed by atoms with van der Waals surface area (Å²) in [5.41, 5.74) is 0. The highest BCUT2D eigenvalue weighted by molar-refractivity contribution is 6.59. The Bertz CT molecular complexity index is 134. The van der Waals surface area contributed by atoms with Crippen LogP contribution in [0.3, 0.4) is 0 Å². The molecule has 0 unspecified atom stereocenters. The Labute approximate surface area is 69.5 Å². The average molecular weight is 204 g/mol. The lowest BCUT2D eigenvalue weighted by molar-refractivity contribution is -0.132. The summed E-state index contributed by atoms with van der Waals surface area (Å²) in [6.45, 7) is 0. The molecule has 0 aliphatic rings. The highest BCUT2D eigenvalue weighted by atomic mass is 28.4. The zero-order valence-corrected chi connectivity index (χ0v) is 7.81. The Morgan fingerprint density at radius 2 is 1.67 bits per heavy atom. The summed E-state index contributed by atoms with van der Waals surface area (Å²) < 4.78 is 43.9. The summed E-state index contributed by atoms with van der Waals surface area (Å²) in [5, 5.41) is 0. The Balaban J connectivity index is 3.89. The van der Waals surface area contributed by atoms with Crippen LogP contribution in [0.1, 0.15) is 6.42 Å². The van der Waals surface area contributed by atoms with Gasteiger partial charge in [0.2, 0.25) is 0 Å². The fourth-order valence-corrected chi connectivity index (χ4v) is 1.76. The monoisotopic (exact) mass is 204 g/mol. The molecule has 7 heteroatoms. The van der Waals surface area contributed by atoms with Crippen molar-refractivity contribution < 1.29 is 26.8 Å². The van der Waals surface area contributed by atoms with Gasteiger partial charge >= 0.3 is 15.0 Å². The van der Waals surface area contributed by atoms with Gasteiger partial charge in [-0.05, 0) is 0 Å². The third-order valence-corrected chi connectivity index (χ3v) is 3.52. The molecule has 0 aliphatic heterocycles. The Morgan fingerprint density at radius 3 is 1.92 bits per heavy atom. The molecule has 0 aromatic heterocycles. The second kappa shape index (κ2) is 4.22. The third kappa shape index (κ3) is 4.70. The van der Waals surface area contributed by atoms with Gasteiger partial charge in [0.15, 0.2) is 0 Å². The molecular formula is C5H11F3O3Si. The lowest BCUT2D eigenvalue weighted by Crippen LogP contribution is -2.41. The lowest BCUT2D eigenvalue weighted by atomic mass is 10.5. The Kier molecular flexibility index (Phi) is 4.18. The van der Waals surface area contributed by atoms with Crippen LogP contribution in [0.5, 0.6) is 0 Å². The molecule has 0 amide bonds. The van der Waals surface area contributed by atoms with E-state index in [-0.39, 0.29) is 0 Å². The Hall–Kier alpha value is -0.113. The minimum Gasteiger partial charge on any atom is -0.390 e. The number of hydrogen-bond donors (Lipinski definition) is 1. The smallest absolute Gasteiger partial charge is 0.390 e. The van der Waals surface area contributed by atoms with Crippen molar-refractivity contribution >= 4 is 8.80 Å².